The number of aliphatic hydroxyl groups is 1. The van der Waals surface area contributed by atoms with Gasteiger partial charge in [-0.2, -0.15) is 0 Å². The average Bonchev–Trinajstić information content (AvgIpc) is 3.00. The molecule has 0 saturated carbocycles. The summed E-state index contributed by atoms with van der Waals surface area (Å²) in [6.07, 6.45) is 0.814. The van der Waals surface area contributed by atoms with Crippen LogP contribution in [0.2, 0.25) is 0 Å². The Bertz CT molecular complexity index is 901. The maximum atomic E-state index is 13.0. The standard InChI is InChI=1S/C18H22FN5OS2/c1-10(2)7-13(8-25)21-15-14-16(22-17(20)27-14)24-18(23-15)26-9-11-3-5-12(19)6-4-11/h3-6,10,13,25H,7-9H2,1-2H3,(H3,20,21,22,23,24). The zero-order valence-electron chi connectivity index (χ0n) is 15.1. The smallest absolute Gasteiger partial charge is 0.191 e. The summed E-state index contributed by atoms with van der Waals surface area (Å²) < 4.78 is 13.8. The van der Waals surface area contributed by atoms with Gasteiger partial charge in [0.25, 0.3) is 0 Å². The molecule has 0 aliphatic rings. The van der Waals surface area contributed by atoms with Crippen LogP contribution in [-0.2, 0) is 5.75 Å². The number of thiazole rings is 1. The molecule has 0 amide bonds. The first-order chi connectivity index (χ1) is 12.9. The molecule has 0 fully saturated rings. The van der Waals surface area contributed by atoms with E-state index < -0.39 is 0 Å². The Kier molecular flexibility index (Phi) is 6.46. The lowest BCUT2D eigenvalue weighted by atomic mass is 10.0. The predicted octanol–water partition coefficient (Wildman–Crippen LogP) is 3.92. The summed E-state index contributed by atoms with van der Waals surface area (Å²) in [6, 6.07) is 6.25. The Morgan fingerprint density at radius 2 is 1.96 bits per heavy atom. The van der Waals surface area contributed by atoms with Gasteiger partial charge in [0, 0.05) is 5.75 Å². The number of nitrogens with two attached hydrogens (primary N) is 1. The van der Waals surface area contributed by atoms with Crippen LogP contribution in [0.3, 0.4) is 0 Å². The van der Waals surface area contributed by atoms with E-state index in [1.54, 1.807) is 12.1 Å². The second kappa shape index (κ2) is 8.81. The molecule has 0 aliphatic carbocycles. The topological polar surface area (TPSA) is 97.0 Å². The van der Waals surface area contributed by atoms with Gasteiger partial charge in [0.05, 0.1) is 12.6 Å². The molecule has 1 atom stereocenters. The van der Waals surface area contributed by atoms with Crippen LogP contribution in [0.4, 0.5) is 15.3 Å². The zero-order valence-corrected chi connectivity index (χ0v) is 16.8. The quantitative estimate of drug-likeness (QED) is 0.385. The van der Waals surface area contributed by atoms with Gasteiger partial charge < -0.3 is 16.2 Å². The number of nitrogens with zero attached hydrogens (tertiary/aromatic N) is 3. The molecule has 0 saturated heterocycles. The largest absolute Gasteiger partial charge is 0.394 e. The Morgan fingerprint density at radius 3 is 2.63 bits per heavy atom. The van der Waals surface area contributed by atoms with Crippen LogP contribution >= 0.6 is 23.1 Å². The highest BCUT2D eigenvalue weighted by molar-refractivity contribution is 7.98. The predicted molar refractivity (Wildman–Crippen MR) is 110 cm³/mol. The molecule has 27 heavy (non-hydrogen) atoms. The van der Waals surface area contributed by atoms with Gasteiger partial charge in [0.15, 0.2) is 21.8 Å². The van der Waals surface area contributed by atoms with Crippen molar-refractivity contribution in [3.05, 3.63) is 35.6 Å². The van der Waals surface area contributed by atoms with Crippen LogP contribution in [-0.4, -0.2) is 32.7 Å². The summed E-state index contributed by atoms with van der Waals surface area (Å²) in [6.45, 7) is 4.22. The number of nitrogens with one attached hydrogen (secondary N) is 1. The van der Waals surface area contributed by atoms with E-state index >= 15 is 0 Å². The van der Waals surface area contributed by atoms with Crippen LogP contribution in [0, 0.1) is 11.7 Å². The van der Waals surface area contributed by atoms with Gasteiger partial charge in [-0.3, -0.25) is 0 Å². The summed E-state index contributed by atoms with van der Waals surface area (Å²) in [5, 5.41) is 14.0. The molecule has 0 radical (unpaired) electrons. The summed E-state index contributed by atoms with van der Waals surface area (Å²) in [5.74, 6) is 1.42. The number of aromatic nitrogens is 3. The first-order valence-corrected chi connectivity index (χ1v) is 10.4. The van der Waals surface area contributed by atoms with Crippen molar-refractivity contribution in [2.75, 3.05) is 17.7 Å². The molecule has 6 nitrogen and oxygen atoms in total. The summed E-state index contributed by atoms with van der Waals surface area (Å²) >= 11 is 2.76. The number of fused-ring (bicyclic) bond motifs is 1. The second-order valence-corrected chi connectivity index (χ2v) is 8.60. The molecular formula is C18H22FN5OS2. The maximum Gasteiger partial charge on any atom is 0.191 e. The molecule has 0 aliphatic heterocycles. The molecule has 4 N–H and O–H groups in total. The number of benzene rings is 1. The summed E-state index contributed by atoms with van der Waals surface area (Å²) in [4.78, 5) is 13.4. The van der Waals surface area contributed by atoms with E-state index in [4.69, 9.17) is 5.73 Å². The lowest BCUT2D eigenvalue weighted by Crippen LogP contribution is -2.26. The number of hydrogen-bond acceptors (Lipinski definition) is 8. The fourth-order valence-corrected chi connectivity index (χ4v) is 4.17. The third-order valence-electron chi connectivity index (χ3n) is 3.85. The van der Waals surface area contributed by atoms with Gasteiger partial charge in [-0.25, -0.2) is 19.3 Å². The molecule has 144 valence electrons. The van der Waals surface area contributed by atoms with Crippen LogP contribution in [0.25, 0.3) is 10.3 Å². The lowest BCUT2D eigenvalue weighted by molar-refractivity contribution is 0.259. The lowest BCUT2D eigenvalue weighted by Gasteiger charge is -2.19. The first kappa shape index (κ1) is 19.8. The fourth-order valence-electron chi connectivity index (χ4n) is 2.65. The van der Waals surface area contributed by atoms with Crippen LogP contribution in [0.1, 0.15) is 25.8 Å². The minimum atomic E-state index is -0.258. The van der Waals surface area contributed by atoms with Gasteiger partial charge in [-0.15, -0.1) is 0 Å². The molecule has 3 rings (SSSR count). The van der Waals surface area contributed by atoms with Crippen molar-refractivity contribution in [2.45, 2.75) is 37.2 Å². The van der Waals surface area contributed by atoms with Crippen molar-refractivity contribution in [1.82, 2.24) is 15.0 Å². The van der Waals surface area contributed by atoms with Crippen molar-refractivity contribution >= 4 is 44.4 Å². The van der Waals surface area contributed by atoms with E-state index in [-0.39, 0.29) is 18.5 Å². The van der Waals surface area contributed by atoms with Crippen LogP contribution < -0.4 is 11.1 Å². The number of rotatable bonds is 8. The summed E-state index contributed by atoms with van der Waals surface area (Å²) in [5.41, 5.74) is 7.37. The van der Waals surface area contributed by atoms with E-state index in [0.717, 1.165) is 16.7 Å². The van der Waals surface area contributed by atoms with Gasteiger partial charge in [-0.05, 0) is 30.0 Å². The summed E-state index contributed by atoms with van der Waals surface area (Å²) in [7, 11) is 0. The zero-order chi connectivity index (χ0) is 19.4. The Morgan fingerprint density at radius 1 is 1.22 bits per heavy atom. The minimum absolute atomic E-state index is 0.00994. The molecule has 1 unspecified atom stereocenters. The first-order valence-electron chi connectivity index (χ1n) is 8.63. The van der Waals surface area contributed by atoms with Crippen molar-refractivity contribution in [3.63, 3.8) is 0 Å². The van der Waals surface area contributed by atoms with E-state index in [9.17, 15) is 9.50 Å². The SMILES string of the molecule is CC(C)CC(CO)Nc1nc(SCc2ccc(F)cc2)nc2nc(N)sc12. The molecule has 3 aromatic rings. The van der Waals surface area contributed by atoms with E-state index in [2.05, 4.69) is 34.1 Å². The molecule has 2 aromatic heterocycles. The Labute approximate surface area is 165 Å². The number of anilines is 2. The highest BCUT2D eigenvalue weighted by atomic mass is 32.2. The number of hydrogen-bond donors (Lipinski definition) is 3. The highest BCUT2D eigenvalue weighted by Gasteiger charge is 2.17. The van der Waals surface area contributed by atoms with E-state index in [0.29, 0.717) is 33.4 Å². The molecular weight excluding hydrogens is 385 g/mol. The van der Waals surface area contributed by atoms with Gasteiger partial charge in [0.2, 0.25) is 0 Å². The van der Waals surface area contributed by atoms with Crippen LogP contribution in [0.5, 0.6) is 0 Å². The van der Waals surface area contributed by atoms with E-state index in [1.807, 2.05) is 0 Å². The molecule has 9 heteroatoms. The molecule has 1 aromatic carbocycles. The minimum Gasteiger partial charge on any atom is -0.394 e. The van der Waals surface area contributed by atoms with E-state index in [1.165, 1.54) is 35.2 Å². The number of nitrogen functional groups attached to an aromatic ring is 1. The number of halogens is 1. The van der Waals surface area contributed by atoms with Crippen LogP contribution in [0.15, 0.2) is 29.4 Å². The van der Waals surface area contributed by atoms with Crippen molar-refractivity contribution in [3.8, 4) is 0 Å². The number of thioether (sulfide) groups is 1. The second-order valence-electron chi connectivity index (χ2n) is 6.63. The average molecular weight is 408 g/mol. The third kappa shape index (κ3) is 5.27. The Balaban J connectivity index is 1.84. The maximum absolute atomic E-state index is 13.0. The fraction of sp³-hybridized carbons (Fsp3) is 0.389. The highest BCUT2D eigenvalue weighted by Crippen LogP contribution is 2.32. The third-order valence-corrected chi connectivity index (χ3v) is 5.65. The van der Waals surface area contributed by atoms with Crippen molar-refractivity contribution in [2.24, 2.45) is 5.92 Å². The van der Waals surface area contributed by atoms with Crippen molar-refractivity contribution < 1.29 is 9.50 Å². The van der Waals surface area contributed by atoms with Gasteiger partial charge in [-0.1, -0.05) is 49.1 Å². The monoisotopic (exact) mass is 407 g/mol. The van der Waals surface area contributed by atoms with Gasteiger partial charge in [0.1, 0.15) is 10.5 Å². The molecule has 2 heterocycles. The number of aliphatic hydroxyl groups excluding tert-OH is 1. The normalized spacial score (nSPS) is 12.6. The molecule has 0 spiro atoms. The van der Waals surface area contributed by atoms with Crippen molar-refractivity contribution in [1.29, 1.82) is 0 Å². The molecule has 0 bridgehead atoms. The Hall–Kier alpha value is -1.97. The van der Waals surface area contributed by atoms with Gasteiger partial charge >= 0.3 is 0 Å².